The van der Waals surface area contributed by atoms with Crippen LogP contribution in [0.1, 0.15) is 38.2 Å². The minimum atomic E-state index is -4.57. The summed E-state index contributed by atoms with van der Waals surface area (Å²) < 4.78 is 55.1. The van der Waals surface area contributed by atoms with Gasteiger partial charge in [-0.25, -0.2) is 9.37 Å². The maximum atomic E-state index is 13.9. The smallest absolute Gasteiger partial charge is 0.383 e. The van der Waals surface area contributed by atoms with Crippen LogP contribution in [0.2, 0.25) is 0 Å². The first-order valence-corrected chi connectivity index (χ1v) is 12.0. The molecule has 1 aromatic heterocycles. The van der Waals surface area contributed by atoms with Crippen LogP contribution in [0, 0.1) is 24.6 Å². The van der Waals surface area contributed by atoms with Crippen LogP contribution in [0.25, 0.3) is 0 Å². The van der Waals surface area contributed by atoms with E-state index in [0.717, 1.165) is 37.0 Å². The molecule has 3 N–H and O–H groups in total. The van der Waals surface area contributed by atoms with Crippen LogP contribution in [0.4, 0.5) is 29.1 Å². The number of aromatic nitrogens is 1. The number of amides is 1. The number of likely N-dealkylation sites (N-methyl/N-ethyl adjacent to an activating group) is 1. The fourth-order valence-electron chi connectivity index (χ4n) is 4.09. The van der Waals surface area contributed by atoms with E-state index < -0.39 is 23.5 Å². The van der Waals surface area contributed by atoms with Crippen molar-refractivity contribution in [2.45, 2.75) is 19.6 Å². The molecule has 1 saturated heterocycles. The maximum absolute atomic E-state index is 13.9. The van der Waals surface area contributed by atoms with Crippen LogP contribution in [0.15, 0.2) is 48.7 Å². The van der Waals surface area contributed by atoms with Gasteiger partial charge in [-0.05, 0) is 55.4 Å². The minimum Gasteiger partial charge on any atom is -0.383 e. The van der Waals surface area contributed by atoms with E-state index in [0.29, 0.717) is 18.7 Å². The molecule has 0 bridgehead atoms. The maximum Gasteiger partial charge on any atom is 0.416 e. The monoisotopic (exact) mass is 525 g/mol. The molecular formula is C28H27F4N5O. The molecular weight excluding hydrogens is 498 g/mol. The summed E-state index contributed by atoms with van der Waals surface area (Å²) in [5, 5.41) is 2.56. The Labute approximate surface area is 218 Å². The summed E-state index contributed by atoms with van der Waals surface area (Å²) >= 11 is 0. The molecule has 0 radical (unpaired) electrons. The molecule has 2 aromatic carbocycles. The number of anilines is 2. The largest absolute Gasteiger partial charge is 0.416 e. The number of hydrogen-bond donors (Lipinski definition) is 2. The Morgan fingerprint density at radius 2 is 1.76 bits per heavy atom. The van der Waals surface area contributed by atoms with Crippen molar-refractivity contribution >= 4 is 17.4 Å². The van der Waals surface area contributed by atoms with E-state index in [2.05, 4.69) is 27.0 Å². The molecule has 0 unspecified atom stereocenters. The number of nitrogen functional groups attached to an aromatic ring is 1. The number of nitrogens with one attached hydrogen (secondary N) is 1. The Kier molecular flexibility index (Phi) is 7.99. The molecule has 3 aromatic rings. The Bertz CT molecular complexity index is 1400. The number of carbonyl (C=O) groups is 1. The number of nitrogens with zero attached hydrogens (tertiary/aromatic N) is 3. The van der Waals surface area contributed by atoms with E-state index in [1.807, 2.05) is 11.9 Å². The number of halogens is 4. The molecule has 6 nitrogen and oxygen atoms in total. The van der Waals surface area contributed by atoms with Gasteiger partial charge in [-0.3, -0.25) is 9.69 Å². The number of hydrogen-bond acceptors (Lipinski definition) is 5. The lowest BCUT2D eigenvalue weighted by atomic mass is 10.0. The molecule has 0 spiro atoms. The summed E-state index contributed by atoms with van der Waals surface area (Å²) in [5.74, 6) is 4.52. The van der Waals surface area contributed by atoms with Gasteiger partial charge in [0.15, 0.2) is 0 Å². The first-order chi connectivity index (χ1) is 18.0. The van der Waals surface area contributed by atoms with Crippen molar-refractivity contribution in [2.75, 3.05) is 44.3 Å². The molecule has 1 aliphatic rings. The van der Waals surface area contributed by atoms with Crippen molar-refractivity contribution in [2.24, 2.45) is 0 Å². The van der Waals surface area contributed by atoms with Crippen LogP contribution in [0.5, 0.6) is 0 Å². The van der Waals surface area contributed by atoms with Crippen molar-refractivity contribution in [1.82, 2.24) is 14.8 Å². The Hall–Kier alpha value is -3.94. The van der Waals surface area contributed by atoms with Crippen molar-refractivity contribution in [3.8, 4) is 11.8 Å². The van der Waals surface area contributed by atoms with Gasteiger partial charge in [0.2, 0.25) is 0 Å². The lowest BCUT2D eigenvalue weighted by molar-refractivity contribution is -0.138. The van der Waals surface area contributed by atoms with Gasteiger partial charge in [-0.1, -0.05) is 24.0 Å². The van der Waals surface area contributed by atoms with Gasteiger partial charge in [-0.15, -0.1) is 0 Å². The molecule has 0 saturated carbocycles. The molecule has 198 valence electrons. The van der Waals surface area contributed by atoms with Crippen LogP contribution in [0.3, 0.4) is 0 Å². The summed E-state index contributed by atoms with van der Waals surface area (Å²) in [6.07, 6.45) is -3.58. The predicted molar refractivity (Wildman–Crippen MR) is 138 cm³/mol. The second-order valence-electron chi connectivity index (χ2n) is 9.27. The van der Waals surface area contributed by atoms with E-state index in [4.69, 9.17) is 5.73 Å². The second kappa shape index (κ2) is 11.2. The normalized spacial score (nSPS) is 14.6. The molecule has 10 heteroatoms. The third-order valence-electron chi connectivity index (χ3n) is 6.38. The number of rotatable bonds is 4. The molecule has 1 fully saturated rings. The minimum absolute atomic E-state index is 0.0382. The zero-order valence-electron chi connectivity index (χ0n) is 21.0. The number of benzene rings is 2. The van der Waals surface area contributed by atoms with Gasteiger partial charge in [0, 0.05) is 49.5 Å². The summed E-state index contributed by atoms with van der Waals surface area (Å²) in [6.45, 7) is 4.94. The number of nitrogens with two attached hydrogens (primary N) is 1. The molecule has 2 heterocycles. The number of aryl methyl sites for hydroxylation is 1. The first kappa shape index (κ1) is 27.1. The fraction of sp³-hybridized carbons (Fsp3) is 0.286. The highest BCUT2D eigenvalue weighted by Gasteiger charge is 2.34. The molecule has 38 heavy (non-hydrogen) atoms. The van der Waals surface area contributed by atoms with E-state index in [9.17, 15) is 22.4 Å². The van der Waals surface area contributed by atoms with Crippen molar-refractivity contribution in [3.63, 3.8) is 0 Å². The second-order valence-corrected chi connectivity index (χ2v) is 9.27. The zero-order valence-corrected chi connectivity index (χ0v) is 21.0. The van der Waals surface area contributed by atoms with Gasteiger partial charge in [0.05, 0.1) is 17.3 Å². The highest BCUT2D eigenvalue weighted by molar-refractivity contribution is 6.04. The van der Waals surface area contributed by atoms with Crippen LogP contribution >= 0.6 is 0 Å². The third-order valence-corrected chi connectivity index (χ3v) is 6.38. The average molecular weight is 526 g/mol. The van der Waals surface area contributed by atoms with Crippen LogP contribution in [-0.2, 0) is 12.7 Å². The van der Waals surface area contributed by atoms with Crippen LogP contribution in [-0.4, -0.2) is 53.9 Å². The van der Waals surface area contributed by atoms with E-state index in [1.165, 1.54) is 18.2 Å². The van der Waals surface area contributed by atoms with Crippen molar-refractivity contribution in [3.05, 3.63) is 87.9 Å². The number of piperazine rings is 1. The predicted octanol–water partition coefficient (Wildman–Crippen LogP) is 4.53. The topological polar surface area (TPSA) is 74.5 Å². The fourth-order valence-corrected chi connectivity index (χ4v) is 4.09. The molecule has 1 amide bonds. The van der Waals surface area contributed by atoms with Gasteiger partial charge in [-0.2, -0.15) is 13.2 Å². The molecule has 4 rings (SSSR count). The third kappa shape index (κ3) is 6.68. The number of alkyl halides is 3. The molecule has 0 aliphatic carbocycles. The summed E-state index contributed by atoms with van der Waals surface area (Å²) in [6, 6.07) is 9.78. The zero-order chi connectivity index (χ0) is 27.4. The van der Waals surface area contributed by atoms with Crippen LogP contribution < -0.4 is 11.1 Å². The Morgan fingerprint density at radius 3 is 2.47 bits per heavy atom. The number of pyridine rings is 1. The van der Waals surface area contributed by atoms with E-state index >= 15 is 0 Å². The lowest BCUT2D eigenvalue weighted by Gasteiger charge is -2.33. The number of carbonyl (C=O) groups excluding carboxylic acids is 1. The van der Waals surface area contributed by atoms with Gasteiger partial charge < -0.3 is 16.0 Å². The standard InChI is InChI=1S/C28H27F4N5O/c1-18-3-4-21(13-19(18)5-6-20-14-23(29)16-34-26(20)33)27(38)35-24-8-7-22(25(15-24)28(30,31)32)17-37-11-9-36(2)10-12-37/h3-4,7-8,13-16H,9-12,17H2,1-2H3,(H2,33,34)(H,35,38). The van der Waals surface area contributed by atoms with Crippen molar-refractivity contribution < 1.29 is 22.4 Å². The quantitative estimate of drug-likeness (QED) is 0.387. The van der Waals surface area contributed by atoms with Gasteiger partial charge in [0.25, 0.3) is 5.91 Å². The Balaban J connectivity index is 1.54. The van der Waals surface area contributed by atoms with E-state index in [-0.39, 0.29) is 34.7 Å². The van der Waals surface area contributed by atoms with Gasteiger partial charge >= 0.3 is 6.18 Å². The van der Waals surface area contributed by atoms with E-state index in [1.54, 1.807) is 19.1 Å². The lowest BCUT2D eigenvalue weighted by Crippen LogP contribution is -2.44. The highest BCUT2D eigenvalue weighted by Crippen LogP contribution is 2.34. The van der Waals surface area contributed by atoms with Crippen molar-refractivity contribution in [1.29, 1.82) is 0 Å². The highest BCUT2D eigenvalue weighted by atomic mass is 19.4. The SMILES string of the molecule is Cc1ccc(C(=O)Nc2ccc(CN3CCN(C)CC3)c(C(F)(F)F)c2)cc1C#Cc1cc(F)cnc1N. The molecule has 0 atom stereocenters. The van der Waals surface area contributed by atoms with Gasteiger partial charge in [0.1, 0.15) is 11.6 Å². The summed E-state index contributed by atoms with van der Waals surface area (Å²) in [7, 11) is 1.98. The Morgan fingerprint density at radius 1 is 1.05 bits per heavy atom. The average Bonchev–Trinajstić information content (AvgIpc) is 2.87. The first-order valence-electron chi connectivity index (χ1n) is 12.0. The summed E-state index contributed by atoms with van der Waals surface area (Å²) in [4.78, 5) is 20.8. The molecule has 1 aliphatic heterocycles. The summed E-state index contributed by atoms with van der Waals surface area (Å²) in [5.41, 5.74) is 6.82.